The summed E-state index contributed by atoms with van der Waals surface area (Å²) in [5.41, 5.74) is 5.21. The molecule has 70 valence electrons. The molecule has 3 N–H and O–H groups in total. The Morgan fingerprint density at radius 2 is 1.67 bits per heavy atom. The van der Waals surface area contributed by atoms with Crippen molar-refractivity contribution in [3.05, 3.63) is 0 Å². The first-order valence-corrected chi connectivity index (χ1v) is 4.10. The number of carboxylic acids is 1. The maximum absolute atomic E-state index is 10.9. The SMILES string of the molecule is NCCCC(=O)CCCC(=O)O. The molecule has 0 aliphatic heterocycles. The molecule has 0 bridgehead atoms. The summed E-state index contributed by atoms with van der Waals surface area (Å²) >= 11 is 0. The minimum absolute atomic E-state index is 0.0777. The molecule has 12 heavy (non-hydrogen) atoms. The highest BCUT2D eigenvalue weighted by Crippen LogP contribution is 2.00. The number of Topliss-reactive ketones (excluding diaryl/α,β-unsaturated/α-hetero) is 1. The molecule has 0 amide bonds. The Kier molecular flexibility index (Phi) is 6.28. The van der Waals surface area contributed by atoms with Crippen LogP contribution in [-0.4, -0.2) is 23.4 Å². The molecule has 0 saturated heterocycles. The van der Waals surface area contributed by atoms with Crippen molar-refractivity contribution in [3.8, 4) is 0 Å². The number of hydrogen-bond acceptors (Lipinski definition) is 3. The number of hydrogen-bond donors (Lipinski definition) is 2. The van der Waals surface area contributed by atoms with E-state index in [1.54, 1.807) is 0 Å². The highest BCUT2D eigenvalue weighted by molar-refractivity contribution is 5.78. The van der Waals surface area contributed by atoms with Gasteiger partial charge in [-0.1, -0.05) is 0 Å². The van der Waals surface area contributed by atoms with Gasteiger partial charge >= 0.3 is 5.97 Å². The van der Waals surface area contributed by atoms with E-state index in [-0.39, 0.29) is 12.2 Å². The summed E-state index contributed by atoms with van der Waals surface area (Å²) in [5, 5.41) is 8.27. The zero-order valence-electron chi connectivity index (χ0n) is 7.08. The molecule has 0 fully saturated rings. The molecule has 0 aromatic rings. The van der Waals surface area contributed by atoms with Crippen LogP contribution in [0.3, 0.4) is 0 Å². The average Bonchev–Trinajstić information content (AvgIpc) is 2.00. The minimum Gasteiger partial charge on any atom is -0.481 e. The predicted molar refractivity (Wildman–Crippen MR) is 44.8 cm³/mol. The molecule has 0 aromatic carbocycles. The third-order valence-electron chi connectivity index (χ3n) is 1.51. The van der Waals surface area contributed by atoms with Gasteiger partial charge in [-0.25, -0.2) is 0 Å². The lowest BCUT2D eigenvalue weighted by molar-refractivity contribution is -0.137. The first-order valence-electron chi connectivity index (χ1n) is 4.10. The second-order valence-electron chi connectivity index (χ2n) is 2.68. The quantitative estimate of drug-likeness (QED) is 0.589. The van der Waals surface area contributed by atoms with E-state index in [1.165, 1.54) is 0 Å². The van der Waals surface area contributed by atoms with Crippen molar-refractivity contribution in [2.24, 2.45) is 5.73 Å². The maximum atomic E-state index is 10.9. The predicted octanol–water partition coefficient (Wildman–Crippen LogP) is 0.549. The number of aliphatic carboxylic acids is 1. The fourth-order valence-electron chi connectivity index (χ4n) is 0.861. The van der Waals surface area contributed by atoms with Gasteiger partial charge in [-0.15, -0.1) is 0 Å². The molecule has 0 atom stereocenters. The largest absolute Gasteiger partial charge is 0.481 e. The lowest BCUT2D eigenvalue weighted by atomic mass is 10.1. The van der Waals surface area contributed by atoms with Crippen LogP contribution in [0, 0.1) is 0 Å². The van der Waals surface area contributed by atoms with Crippen LogP contribution in [0.5, 0.6) is 0 Å². The number of nitrogens with two attached hydrogens (primary N) is 1. The topological polar surface area (TPSA) is 80.4 Å². The van der Waals surface area contributed by atoms with Crippen LogP contribution in [-0.2, 0) is 9.59 Å². The minimum atomic E-state index is -0.846. The molecule has 4 heteroatoms. The number of rotatable bonds is 7. The normalized spacial score (nSPS) is 9.75. The van der Waals surface area contributed by atoms with Crippen molar-refractivity contribution in [1.29, 1.82) is 0 Å². The molecule has 0 spiro atoms. The molecular weight excluding hydrogens is 158 g/mol. The highest BCUT2D eigenvalue weighted by atomic mass is 16.4. The smallest absolute Gasteiger partial charge is 0.303 e. The van der Waals surface area contributed by atoms with Crippen molar-refractivity contribution in [1.82, 2.24) is 0 Å². The van der Waals surface area contributed by atoms with Crippen LogP contribution >= 0.6 is 0 Å². The van der Waals surface area contributed by atoms with Crippen LogP contribution in [0.4, 0.5) is 0 Å². The fraction of sp³-hybridized carbons (Fsp3) is 0.750. The van der Waals surface area contributed by atoms with Gasteiger partial charge in [-0.3, -0.25) is 9.59 Å². The molecule has 0 aliphatic carbocycles. The summed E-state index contributed by atoms with van der Waals surface area (Å²) in [5.74, 6) is -0.733. The Morgan fingerprint density at radius 3 is 2.17 bits per heavy atom. The molecule has 0 aromatic heterocycles. The van der Waals surface area contributed by atoms with Gasteiger partial charge in [0.25, 0.3) is 0 Å². The summed E-state index contributed by atoms with van der Waals surface area (Å²) in [6, 6.07) is 0. The van der Waals surface area contributed by atoms with Crippen molar-refractivity contribution in [3.63, 3.8) is 0 Å². The maximum Gasteiger partial charge on any atom is 0.303 e. The van der Waals surface area contributed by atoms with E-state index in [2.05, 4.69) is 0 Å². The van der Waals surface area contributed by atoms with Gasteiger partial charge in [-0.2, -0.15) is 0 Å². The summed E-state index contributed by atoms with van der Waals surface area (Å²) < 4.78 is 0. The van der Waals surface area contributed by atoms with Gasteiger partial charge in [0.05, 0.1) is 0 Å². The van der Waals surface area contributed by atoms with Gasteiger partial charge in [0, 0.05) is 19.3 Å². The summed E-state index contributed by atoms with van der Waals surface area (Å²) in [6.07, 6.45) is 2.07. The molecule has 0 radical (unpaired) electrons. The first kappa shape index (κ1) is 11.1. The third-order valence-corrected chi connectivity index (χ3v) is 1.51. The number of carboxylic acid groups (broad SMARTS) is 1. The van der Waals surface area contributed by atoms with Crippen LogP contribution in [0.25, 0.3) is 0 Å². The summed E-state index contributed by atoms with van der Waals surface area (Å²) in [7, 11) is 0. The number of carbonyl (C=O) groups is 2. The molecule has 0 rings (SSSR count). The van der Waals surface area contributed by atoms with Crippen molar-refractivity contribution < 1.29 is 14.7 Å². The van der Waals surface area contributed by atoms with E-state index in [9.17, 15) is 9.59 Å². The van der Waals surface area contributed by atoms with Gasteiger partial charge < -0.3 is 10.8 Å². The van der Waals surface area contributed by atoms with E-state index < -0.39 is 5.97 Å². The first-order chi connectivity index (χ1) is 5.66. The molecule has 4 nitrogen and oxygen atoms in total. The monoisotopic (exact) mass is 173 g/mol. The second-order valence-corrected chi connectivity index (χ2v) is 2.68. The summed E-state index contributed by atoms with van der Waals surface area (Å²) in [6.45, 7) is 0.519. The third kappa shape index (κ3) is 7.21. The Bertz CT molecular complexity index is 156. The van der Waals surface area contributed by atoms with E-state index in [0.29, 0.717) is 32.2 Å². The fourth-order valence-corrected chi connectivity index (χ4v) is 0.861. The zero-order chi connectivity index (χ0) is 9.40. The molecule has 0 unspecified atom stereocenters. The van der Waals surface area contributed by atoms with Crippen LogP contribution in [0.1, 0.15) is 32.1 Å². The average molecular weight is 173 g/mol. The lowest BCUT2D eigenvalue weighted by Crippen LogP contribution is -2.05. The van der Waals surface area contributed by atoms with Crippen molar-refractivity contribution >= 4 is 11.8 Å². The van der Waals surface area contributed by atoms with E-state index in [4.69, 9.17) is 10.8 Å². The van der Waals surface area contributed by atoms with Crippen LogP contribution < -0.4 is 5.73 Å². The molecule has 0 heterocycles. The van der Waals surface area contributed by atoms with Gasteiger partial charge in [0.15, 0.2) is 0 Å². The number of ketones is 1. The van der Waals surface area contributed by atoms with Crippen molar-refractivity contribution in [2.45, 2.75) is 32.1 Å². The highest BCUT2D eigenvalue weighted by Gasteiger charge is 2.02. The zero-order valence-corrected chi connectivity index (χ0v) is 7.08. The Balaban J connectivity index is 3.25. The van der Waals surface area contributed by atoms with Crippen molar-refractivity contribution in [2.75, 3.05) is 6.54 Å². The van der Waals surface area contributed by atoms with E-state index >= 15 is 0 Å². The van der Waals surface area contributed by atoms with Crippen LogP contribution in [0.2, 0.25) is 0 Å². The summed E-state index contributed by atoms with van der Waals surface area (Å²) in [4.78, 5) is 21.0. The Labute approximate surface area is 71.8 Å². The number of carbonyl (C=O) groups excluding carboxylic acids is 1. The standard InChI is InChI=1S/C8H15NO3/c9-6-2-4-7(10)3-1-5-8(11)12/h1-6,9H2,(H,11,12). The Hall–Kier alpha value is -0.900. The Morgan fingerprint density at radius 1 is 1.08 bits per heavy atom. The van der Waals surface area contributed by atoms with E-state index in [1.807, 2.05) is 0 Å². The van der Waals surface area contributed by atoms with Crippen LogP contribution in [0.15, 0.2) is 0 Å². The molecule has 0 saturated carbocycles. The van der Waals surface area contributed by atoms with E-state index in [0.717, 1.165) is 0 Å². The van der Waals surface area contributed by atoms with Gasteiger partial charge in [0.1, 0.15) is 5.78 Å². The molecule has 0 aliphatic rings. The lowest BCUT2D eigenvalue weighted by Gasteiger charge is -1.97. The second kappa shape index (κ2) is 6.79. The molecular formula is C8H15NO3. The van der Waals surface area contributed by atoms with Gasteiger partial charge in [0.2, 0.25) is 0 Å². The van der Waals surface area contributed by atoms with Gasteiger partial charge in [-0.05, 0) is 19.4 Å².